The Morgan fingerprint density at radius 1 is 1.20 bits per heavy atom. The second-order valence-electron chi connectivity index (χ2n) is 7.00. The summed E-state index contributed by atoms with van der Waals surface area (Å²) < 4.78 is 21.8. The largest absolute Gasteiger partial charge is 0.403 e. The van der Waals surface area contributed by atoms with Gasteiger partial charge >= 0.3 is 6.01 Å². The van der Waals surface area contributed by atoms with Crippen LogP contribution in [-0.4, -0.2) is 41.3 Å². The van der Waals surface area contributed by atoms with Crippen LogP contribution in [0.5, 0.6) is 0 Å². The third-order valence-corrected chi connectivity index (χ3v) is 5.24. The molecule has 5 aromatic heterocycles. The highest BCUT2D eigenvalue weighted by atomic mass is 19.1. The van der Waals surface area contributed by atoms with E-state index < -0.39 is 0 Å². The Hall–Kier alpha value is -4.08. The highest BCUT2D eigenvalue weighted by Gasteiger charge is 2.36. The lowest BCUT2D eigenvalue weighted by Crippen LogP contribution is -2.36. The van der Waals surface area contributed by atoms with Gasteiger partial charge in [-0.15, -0.1) is 5.10 Å². The number of rotatable bonds is 3. The zero-order chi connectivity index (χ0) is 20.1. The average molecular weight is 402 g/mol. The van der Waals surface area contributed by atoms with Gasteiger partial charge in [0, 0.05) is 37.3 Å². The van der Waals surface area contributed by atoms with Crippen molar-refractivity contribution in [3.05, 3.63) is 78.1 Å². The van der Waals surface area contributed by atoms with Crippen LogP contribution in [0.1, 0.15) is 23.1 Å². The van der Waals surface area contributed by atoms with Crippen LogP contribution in [0, 0.1) is 5.82 Å². The minimum absolute atomic E-state index is 0.336. The molecule has 0 amide bonds. The highest BCUT2D eigenvalue weighted by molar-refractivity contribution is 5.55. The lowest BCUT2D eigenvalue weighted by atomic mass is 10.0. The third kappa shape index (κ3) is 2.57. The molecule has 6 rings (SSSR count). The number of aromatic amines is 1. The molecule has 0 saturated carbocycles. The van der Waals surface area contributed by atoms with Crippen molar-refractivity contribution in [1.82, 2.24) is 34.8 Å². The number of H-pyrrole nitrogens is 1. The summed E-state index contributed by atoms with van der Waals surface area (Å²) in [7, 11) is 0. The molecule has 0 radical (unpaired) electrons. The molecular weight excluding hydrogens is 387 g/mol. The summed E-state index contributed by atoms with van der Waals surface area (Å²) in [5.41, 5.74) is 3.61. The van der Waals surface area contributed by atoms with Crippen molar-refractivity contribution in [2.75, 3.05) is 11.4 Å². The Kier molecular flexibility index (Phi) is 3.63. The summed E-state index contributed by atoms with van der Waals surface area (Å²) >= 11 is 0. The molecule has 5 aromatic rings. The standard InChI is InChI=1S/C20H15FN8O/c21-13-4-2-7-29-16(13)9-15(27-29)18-17-14(23-11-24-17)5-8-28(18)20-26-25-19(30-20)12-3-1-6-22-10-12/h1-4,6-7,9-11,18H,5,8H2,(H,23,24). The quantitative estimate of drug-likeness (QED) is 0.495. The van der Waals surface area contributed by atoms with Crippen LogP contribution in [0.3, 0.4) is 0 Å². The number of hydrogen-bond acceptors (Lipinski definition) is 7. The Bertz CT molecular complexity index is 1340. The van der Waals surface area contributed by atoms with Gasteiger partial charge in [-0.2, -0.15) is 5.10 Å². The van der Waals surface area contributed by atoms with Crippen LogP contribution in [-0.2, 0) is 6.42 Å². The van der Waals surface area contributed by atoms with Crippen molar-refractivity contribution in [1.29, 1.82) is 0 Å². The Labute approximate surface area is 169 Å². The van der Waals surface area contributed by atoms with Crippen LogP contribution in [0.2, 0.25) is 0 Å². The Morgan fingerprint density at radius 3 is 3.03 bits per heavy atom. The first-order valence-corrected chi connectivity index (χ1v) is 9.44. The molecule has 1 unspecified atom stereocenters. The van der Waals surface area contributed by atoms with E-state index in [-0.39, 0.29) is 11.9 Å². The van der Waals surface area contributed by atoms with Crippen LogP contribution in [0.4, 0.5) is 10.4 Å². The number of fused-ring (bicyclic) bond motifs is 2. The summed E-state index contributed by atoms with van der Waals surface area (Å²) in [6, 6.07) is 8.40. The number of aromatic nitrogens is 7. The van der Waals surface area contributed by atoms with Gasteiger partial charge < -0.3 is 14.3 Å². The summed E-state index contributed by atoms with van der Waals surface area (Å²) in [4.78, 5) is 13.7. The van der Waals surface area contributed by atoms with E-state index in [2.05, 4.69) is 30.2 Å². The van der Waals surface area contributed by atoms with Gasteiger partial charge in [0.05, 0.1) is 23.3 Å². The van der Waals surface area contributed by atoms with Gasteiger partial charge in [-0.05, 0) is 30.3 Å². The van der Waals surface area contributed by atoms with E-state index in [1.165, 1.54) is 10.6 Å². The number of hydrogen-bond donors (Lipinski definition) is 1. The molecule has 0 aromatic carbocycles. The molecule has 0 fully saturated rings. The maximum Gasteiger partial charge on any atom is 0.319 e. The lowest BCUT2D eigenvalue weighted by molar-refractivity contribution is 0.503. The average Bonchev–Trinajstić information content (AvgIpc) is 3.52. The van der Waals surface area contributed by atoms with Crippen LogP contribution in [0.25, 0.3) is 17.0 Å². The van der Waals surface area contributed by atoms with Crippen molar-refractivity contribution in [2.45, 2.75) is 12.5 Å². The van der Waals surface area contributed by atoms with Crippen molar-refractivity contribution in [3.8, 4) is 11.5 Å². The molecule has 10 heteroatoms. The minimum Gasteiger partial charge on any atom is -0.403 e. The van der Waals surface area contributed by atoms with Gasteiger partial charge in [0.15, 0.2) is 0 Å². The molecule has 9 nitrogen and oxygen atoms in total. The topological polar surface area (TPSA) is 101 Å². The first-order chi connectivity index (χ1) is 14.8. The van der Waals surface area contributed by atoms with E-state index in [0.29, 0.717) is 29.7 Å². The van der Waals surface area contributed by atoms with E-state index in [9.17, 15) is 4.39 Å². The van der Waals surface area contributed by atoms with Crippen molar-refractivity contribution in [2.24, 2.45) is 0 Å². The van der Waals surface area contributed by atoms with E-state index >= 15 is 0 Å². The number of nitrogens with one attached hydrogen (secondary N) is 1. The van der Waals surface area contributed by atoms with E-state index in [0.717, 1.165) is 23.4 Å². The fourth-order valence-corrected chi connectivity index (χ4v) is 3.85. The number of nitrogens with zero attached hydrogens (tertiary/aromatic N) is 7. The Balaban J connectivity index is 1.46. The first-order valence-electron chi connectivity index (χ1n) is 9.44. The summed E-state index contributed by atoms with van der Waals surface area (Å²) in [5.74, 6) is 0.0447. The fourth-order valence-electron chi connectivity index (χ4n) is 3.85. The summed E-state index contributed by atoms with van der Waals surface area (Å²) in [6.07, 6.45) is 7.46. The number of pyridine rings is 2. The second-order valence-corrected chi connectivity index (χ2v) is 7.00. The molecule has 0 bridgehead atoms. The molecule has 148 valence electrons. The SMILES string of the molecule is Fc1cccn2nc(C3c4nc[nH]c4CCN3c3nnc(-c4cccnc4)o3)cc12. The number of anilines is 1. The van der Waals surface area contributed by atoms with Gasteiger partial charge in [0.2, 0.25) is 0 Å². The molecule has 0 aliphatic carbocycles. The van der Waals surface area contributed by atoms with Gasteiger partial charge in [-0.3, -0.25) is 4.98 Å². The fraction of sp³-hybridized carbons (Fsp3) is 0.150. The molecule has 0 spiro atoms. The maximum absolute atomic E-state index is 14.3. The van der Waals surface area contributed by atoms with Crippen molar-refractivity contribution in [3.63, 3.8) is 0 Å². The summed E-state index contributed by atoms with van der Waals surface area (Å²) in [6.45, 7) is 0.616. The molecule has 1 atom stereocenters. The zero-order valence-electron chi connectivity index (χ0n) is 15.6. The zero-order valence-corrected chi connectivity index (χ0v) is 15.6. The minimum atomic E-state index is -0.388. The molecule has 1 aliphatic heterocycles. The van der Waals surface area contributed by atoms with Gasteiger partial charge in [0.1, 0.15) is 17.4 Å². The van der Waals surface area contributed by atoms with Crippen LogP contribution >= 0.6 is 0 Å². The Morgan fingerprint density at radius 2 is 2.17 bits per heavy atom. The monoisotopic (exact) mass is 402 g/mol. The first kappa shape index (κ1) is 16.8. The van der Waals surface area contributed by atoms with Crippen molar-refractivity contribution >= 4 is 11.5 Å². The van der Waals surface area contributed by atoms with Gasteiger partial charge in [0.25, 0.3) is 5.89 Å². The third-order valence-electron chi connectivity index (χ3n) is 5.24. The number of halogens is 1. The normalized spacial score (nSPS) is 16.2. The van der Waals surface area contributed by atoms with Crippen LogP contribution in [0.15, 0.2) is 59.7 Å². The molecule has 6 heterocycles. The molecule has 1 N–H and O–H groups in total. The van der Waals surface area contributed by atoms with E-state index in [4.69, 9.17) is 4.42 Å². The lowest BCUT2D eigenvalue weighted by Gasteiger charge is -2.32. The molecule has 0 saturated heterocycles. The van der Waals surface area contributed by atoms with E-state index in [1.54, 1.807) is 37.1 Å². The summed E-state index contributed by atoms with van der Waals surface area (Å²) in [5, 5.41) is 13.0. The molecule has 1 aliphatic rings. The number of imidazole rings is 1. The predicted molar refractivity (Wildman–Crippen MR) is 104 cm³/mol. The van der Waals surface area contributed by atoms with Crippen LogP contribution < -0.4 is 4.90 Å². The van der Waals surface area contributed by atoms with Gasteiger partial charge in [-0.25, -0.2) is 13.9 Å². The molecule has 30 heavy (non-hydrogen) atoms. The maximum atomic E-state index is 14.3. The molecular formula is C20H15FN8O. The van der Waals surface area contributed by atoms with Gasteiger partial charge in [-0.1, -0.05) is 5.10 Å². The highest BCUT2D eigenvalue weighted by Crippen LogP contribution is 2.37. The second kappa shape index (κ2) is 6.48. The van der Waals surface area contributed by atoms with Crippen molar-refractivity contribution < 1.29 is 8.81 Å². The predicted octanol–water partition coefficient (Wildman–Crippen LogP) is 2.79. The van der Waals surface area contributed by atoms with E-state index in [1.807, 2.05) is 17.0 Å². The smallest absolute Gasteiger partial charge is 0.319 e.